The molecule has 0 saturated carbocycles. The number of rotatable bonds is 5. The van der Waals surface area contributed by atoms with Gasteiger partial charge >= 0.3 is 0 Å². The summed E-state index contributed by atoms with van der Waals surface area (Å²) in [5.41, 5.74) is -0.396. The van der Waals surface area contributed by atoms with Crippen LogP contribution in [0.15, 0.2) is 22.6 Å². The zero-order chi connectivity index (χ0) is 22.0. The van der Waals surface area contributed by atoms with E-state index in [2.05, 4.69) is 5.32 Å². The fraction of sp³-hybridized carbons (Fsp3) is 0.381. The molecular weight excluding hydrogens is 401 g/mol. The first-order valence-electron chi connectivity index (χ1n) is 9.49. The zero-order valence-electron chi connectivity index (χ0n) is 16.6. The van der Waals surface area contributed by atoms with E-state index in [1.54, 1.807) is 19.9 Å². The highest BCUT2D eigenvalue weighted by molar-refractivity contribution is 5.99. The summed E-state index contributed by atoms with van der Waals surface area (Å²) in [6.45, 7) is 3.56. The summed E-state index contributed by atoms with van der Waals surface area (Å²) in [6.07, 6.45) is 0.434. The van der Waals surface area contributed by atoms with E-state index in [1.807, 2.05) is 0 Å². The molecule has 1 aromatic carbocycles. The molecule has 1 saturated heterocycles. The Morgan fingerprint density at radius 1 is 1.07 bits per heavy atom. The van der Waals surface area contributed by atoms with E-state index in [4.69, 9.17) is 4.42 Å². The molecule has 9 heteroatoms. The summed E-state index contributed by atoms with van der Waals surface area (Å²) in [5.74, 6) is -4.68. The number of nitrogens with zero attached hydrogens (tertiary/aromatic N) is 1. The number of piperidine rings is 1. The number of likely N-dealkylation sites (tertiary alicyclic amines) is 1. The molecule has 0 radical (unpaired) electrons. The Hall–Kier alpha value is -3.10. The van der Waals surface area contributed by atoms with E-state index in [1.165, 1.54) is 4.90 Å². The maximum absolute atomic E-state index is 13.9. The van der Waals surface area contributed by atoms with Gasteiger partial charge in [0.25, 0.3) is 5.91 Å². The van der Waals surface area contributed by atoms with E-state index in [9.17, 15) is 27.6 Å². The number of nitrogens with one attached hydrogen (secondary N) is 1. The second-order valence-electron chi connectivity index (χ2n) is 7.27. The fourth-order valence-electron chi connectivity index (χ4n) is 3.59. The molecule has 0 spiro atoms. The Kier molecular flexibility index (Phi) is 6.28. The number of hydrogen-bond acceptors (Lipinski definition) is 4. The van der Waals surface area contributed by atoms with Crippen molar-refractivity contribution in [3.8, 4) is 0 Å². The van der Waals surface area contributed by atoms with Crippen molar-refractivity contribution >= 4 is 17.6 Å². The van der Waals surface area contributed by atoms with Gasteiger partial charge in [0.15, 0.2) is 5.78 Å². The Labute approximate surface area is 171 Å². The predicted octanol–water partition coefficient (Wildman–Crippen LogP) is 3.17. The van der Waals surface area contributed by atoms with Crippen LogP contribution in [0, 0.1) is 37.2 Å². The van der Waals surface area contributed by atoms with Crippen molar-refractivity contribution in [1.82, 2.24) is 10.2 Å². The minimum atomic E-state index is -1.23. The molecule has 1 N–H and O–H groups in total. The number of amides is 2. The molecule has 1 aromatic heterocycles. The molecular formula is C21H21F3N2O4. The topological polar surface area (TPSA) is 79.6 Å². The molecule has 6 nitrogen and oxygen atoms in total. The van der Waals surface area contributed by atoms with Gasteiger partial charge in [-0.25, -0.2) is 13.2 Å². The second-order valence-corrected chi connectivity index (χ2v) is 7.27. The van der Waals surface area contributed by atoms with Crippen LogP contribution in [0.4, 0.5) is 13.2 Å². The summed E-state index contributed by atoms with van der Waals surface area (Å²) >= 11 is 0. The number of aryl methyl sites for hydroxylation is 2. The maximum Gasteiger partial charge on any atom is 0.255 e. The number of hydrogen-bond donors (Lipinski definition) is 1. The quantitative estimate of drug-likeness (QED) is 0.751. The average molecular weight is 422 g/mol. The lowest BCUT2D eigenvalue weighted by Crippen LogP contribution is -2.45. The SMILES string of the molecule is Cc1cc(C(=O)NCC(=O)N2CCC(C(=O)c3c(F)cc(F)cc3F)CC2)c(C)o1. The molecule has 1 aliphatic rings. The molecule has 0 bridgehead atoms. The molecule has 2 heterocycles. The molecule has 30 heavy (non-hydrogen) atoms. The van der Waals surface area contributed by atoms with Gasteiger partial charge in [-0.05, 0) is 32.8 Å². The van der Waals surface area contributed by atoms with Crippen molar-refractivity contribution in [3.05, 3.63) is 58.3 Å². The normalized spacial score (nSPS) is 14.6. The van der Waals surface area contributed by atoms with Gasteiger partial charge in [-0.1, -0.05) is 0 Å². The van der Waals surface area contributed by atoms with Crippen LogP contribution < -0.4 is 5.32 Å². The van der Waals surface area contributed by atoms with Crippen molar-refractivity contribution in [2.24, 2.45) is 5.92 Å². The molecule has 0 atom stereocenters. The summed E-state index contributed by atoms with van der Waals surface area (Å²) < 4.78 is 46.0. The lowest BCUT2D eigenvalue weighted by molar-refractivity contribution is -0.131. The van der Waals surface area contributed by atoms with Crippen LogP contribution in [0.25, 0.3) is 0 Å². The third-order valence-electron chi connectivity index (χ3n) is 5.16. The van der Waals surface area contributed by atoms with Crippen LogP contribution in [-0.4, -0.2) is 42.1 Å². The van der Waals surface area contributed by atoms with E-state index in [-0.39, 0.29) is 38.4 Å². The van der Waals surface area contributed by atoms with Gasteiger partial charge in [0.05, 0.1) is 17.7 Å². The lowest BCUT2D eigenvalue weighted by atomic mass is 9.88. The lowest BCUT2D eigenvalue weighted by Gasteiger charge is -2.31. The Morgan fingerprint density at radius 2 is 1.67 bits per heavy atom. The van der Waals surface area contributed by atoms with Gasteiger partial charge in [0.2, 0.25) is 5.91 Å². The minimum Gasteiger partial charge on any atom is -0.466 e. The molecule has 0 aliphatic carbocycles. The van der Waals surface area contributed by atoms with Gasteiger partial charge in [0.1, 0.15) is 29.0 Å². The zero-order valence-corrected chi connectivity index (χ0v) is 16.6. The number of halogens is 3. The Balaban J connectivity index is 1.54. The van der Waals surface area contributed by atoms with Crippen molar-refractivity contribution in [3.63, 3.8) is 0 Å². The van der Waals surface area contributed by atoms with Gasteiger partial charge < -0.3 is 14.6 Å². The standard InChI is InChI=1S/C21H21F3N2O4/c1-11-7-15(12(2)30-11)21(29)25-10-18(27)26-5-3-13(4-6-26)20(28)19-16(23)8-14(22)9-17(19)24/h7-9,13H,3-6,10H2,1-2H3,(H,25,29). The first-order valence-corrected chi connectivity index (χ1v) is 9.49. The third-order valence-corrected chi connectivity index (χ3v) is 5.16. The van der Waals surface area contributed by atoms with Crippen molar-refractivity contribution in [1.29, 1.82) is 0 Å². The predicted molar refractivity (Wildman–Crippen MR) is 100 cm³/mol. The van der Waals surface area contributed by atoms with Gasteiger partial charge in [-0.3, -0.25) is 14.4 Å². The first-order chi connectivity index (χ1) is 14.2. The van der Waals surface area contributed by atoms with Crippen molar-refractivity contribution in [2.75, 3.05) is 19.6 Å². The largest absolute Gasteiger partial charge is 0.466 e. The Morgan fingerprint density at radius 3 is 2.20 bits per heavy atom. The van der Waals surface area contributed by atoms with Crippen LogP contribution in [-0.2, 0) is 4.79 Å². The number of carbonyl (C=O) groups excluding carboxylic acids is 3. The second kappa shape index (κ2) is 8.73. The highest BCUT2D eigenvalue weighted by atomic mass is 19.1. The van der Waals surface area contributed by atoms with Crippen molar-refractivity contribution in [2.45, 2.75) is 26.7 Å². The summed E-state index contributed by atoms with van der Waals surface area (Å²) in [7, 11) is 0. The molecule has 3 rings (SSSR count). The van der Waals surface area contributed by atoms with Crippen LogP contribution in [0.5, 0.6) is 0 Å². The van der Waals surface area contributed by atoms with Crippen LogP contribution in [0.2, 0.25) is 0 Å². The molecule has 1 fully saturated rings. The molecule has 160 valence electrons. The van der Waals surface area contributed by atoms with E-state index in [0.717, 1.165) is 0 Å². The van der Waals surface area contributed by atoms with E-state index < -0.39 is 40.6 Å². The molecule has 0 unspecified atom stereocenters. The Bertz CT molecular complexity index is 971. The summed E-state index contributed by atoms with van der Waals surface area (Å²) in [6, 6.07) is 2.53. The van der Waals surface area contributed by atoms with Crippen LogP contribution >= 0.6 is 0 Å². The average Bonchev–Trinajstić information content (AvgIpc) is 3.03. The smallest absolute Gasteiger partial charge is 0.255 e. The number of Topliss-reactive ketones (excluding diaryl/α,β-unsaturated/α-hetero) is 1. The molecule has 2 aromatic rings. The summed E-state index contributed by atoms with van der Waals surface area (Å²) in [5, 5.41) is 2.54. The van der Waals surface area contributed by atoms with Gasteiger partial charge in [-0.2, -0.15) is 0 Å². The third kappa shape index (κ3) is 4.55. The van der Waals surface area contributed by atoms with E-state index in [0.29, 0.717) is 29.2 Å². The number of carbonyl (C=O) groups is 3. The van der Waals surface area contributed by atoms with Crippen LogP contribution in [0.3, 0.4) is 0 Å². The number of benzene rings is 1. The fourth-order valence-corrected chi connectivity index (χ4v) is 3.59. The van der Waals surface area contributed by atoms with Gasteiger partial charge in [0, 0.05) is 31.1 Å². The van der Waals surface area contributed by atoms with Crippen molar-refractivity contribution < 1.29 is 32.0 Å². The molecule has 2 amide bonds. The first kappa shape index (κ1) is 21.6. The highest BCUT2D eigenvalue weighted by Gasteiger charge is 2.31. The van der Waals surface area contributed by atoms with Gasteiger partial charge in [-0.15, -0.1) is 0 Å². The van der Waals surface area contributed by atoms with E-state index >= 15 is 0 Å². The maximum atomic E-state index is 13.9. The number of furan rings is 1. The monoisotopic (exact) mass is 422 g/mol. The number of ketones is 1. The minimum absolute atomic E-state index is 0.208. The van der Waals surface area contributed by atoms with Crippen LogP contribution in [0.1, 0.15) is 45.1 Å². The highest BCUT2D eigenvalue weighted by Crippen LogP contribution is 2.25. The molecule has 1 aliphatic heterocycles. The summed E-state index contributed by atoms with van der Waals surface area (Å²) in [4.78, 5) is 38.5.